The van der Waals surface area contributed by atoms with Crippen molar-refractivity contribution >= 4 is 17.6 Å². The Hall–Kier alpha value is -2.24. The van der Waals surface area contributed by atoms with Crippen LogP contribution in [0.5, 0.6) is 5.75 Å². The van der Waals surface area contributed by atoms with Crippen LogP contribution in [0.25, 0.3) is 0 Å². The fourth-order valence-electron chi connectivity index (χ4n) is 1.19. The number of nitrogens with two attached hydrogens (primary N) is 2. The molecular formula is C11H14N2O4. The Morgan fingerprint density at radius 2 is 2.00 bits per heavy atom. The zero-order valence-electron chi connectivity index (χ0n) is 9.43. The molecule has 0 aliphatic rings. The third kappa shape index (κ3) is 4.02. The van der Waals surface area contributed by atoms with Gasteiger partial charge in [-0.2, -0.15) is 0 Å². The Bertz CT molecular complexity index is 431. The van der Waals surface area contributed by atoms with Crippen LogP contribution in [0, 0.1) is 0 Å². The van der Waals surface area contributed by atoms with Gasteiger partial charge in [-0.25, -0.2) is 4.79 Å². The van der Waals surface area contributed by atoms with E-state index in [2.05, 4.69) is 0 Å². The van der Waals surface area contributed by atoms with E-state index < -0.39 is 11.9 Å². The van der Waals surface area contributed by atoms with Gasteiger partial charge in [0.1, 0.15) is 12.4 Å². The molecule has 0 aliphatic heterocycles. The van der Waals surface area contributed by atoms with E-state index in [9.17, 15) is 9.59 Å². The van der Waals surface area contributed by atoms with Gasteiger partial charge in [0.05, 0.1) is 19.1 Å². The number of ether oxygens (including phenoxy) is 2. The predicted molar refractivity (Wildman–Crippen MR) is 61.5 cm³/mol. The lowest BCUT2D eigenvalue weighted by Gasteiger charge is -2.06. The first kappa shape index (κ1) is 12.8. The average molecular weight is 238 g/mol. The van der Waals surface area contributed by atoms with E-state index in [0.717, 1.165) is 0 Å². The first-order valence-electron chi connectivity index (χ1n) is 4.93. The summed E-state index contributed by atoms with van der Waals surface area (Å²) in [5.41, 5.74) is 11.2. The minimum absolute atomic E-state index is 0.00874. The first-order chi connectivity index (χ1) is 8.02. The normalized spacial score (nSPS) is 9.71. The highest BCUT2D eigenvalue weighted by atomic mass is 16.5. The third-order valence-corrected chi connectivity index (χ3v) is 1.98. The van der Waals surface area contributed by atoms with Gasteiger partial charge in [-0.1, -0.05) is 0 Å². The molecular weight excluding hydrogens is 224 g/mol. The molecule has 6 heteroatoms. The molecule has 0 atom stereocenters. The van der Waals surface area contributed by atoms with Gasteiger partial charge in [0.25, 0.3) is 0 Å². The fraction of sp³-hybridized carbons (Fsp3) is 0.273. The predicted octanol–water partition coefficient (Wildman–Crippen LogP) is 0.310. The van der Waals surface area contributed by atoms with Crippen LogP contribution in [0.3, 0.4) is 0 Å². The van der Waals surface area contributed by atoms with E-state index in [1.807, 2.05) is 0 Å². The number of amides is 1. The molecule has 92 valence electrons. The number of anilines is 1. The molecule has 0 saturated carbocycles. The van der Waals surface area contributed by atoms with Crippen LogP contribution in [0.1, 0.15) is 16.8 Å². The molecule has 1 amide bonds. The molecule has 0 heterocycles. The fourth-order valence-corrected chi connectivity index (χ4v) is 1.19. The minimum Gasteiger partial charge on any atom is -0.497 e. The molecule has 0 spiro atoms. The van der Waals surface area contributed by atoms with Gasteiger partial charge in [0.2, 0.25) is 5.91 Å². The standard InChI is InChI=1S/C11H14N2O4/c1-16-9-5-7(4-8(12)6-9)11(15)17-3-2-10(13)14/h4-6H,2-3,12H2,1H3,(H2,13,14). The van der Waals surface area contributed by atoms with E-state index in [1.165, 1.54) is 19.2 Å². The van der Waals surface area contributed by atoms with Crippen LogP contribution in [-0.4, -0.2) is 25.6 Å². The molecule has 4 N–H and O–H groups in total. The van der Waals surface area contributed by atoms with Crippen LogP contribution in [0.4, 0.5) is 5.69 Å². The van der Waals surface area contributed by atoms with Crippen LogP contribution in [0.2, 0.25) is 0 Å². The van der Waals surface area contributed by atoms with Crippen molar-refractivity contribution in [3.8, 4) is 5.75 Å². The van der Waals surface area contributed by atoms with Crippen molar-refractivity contribution in [1.82, 2.24) is 0 Å². The summed E-state index contributed by atoms with van der Waals surface area (Å²) in [5.74, 6) is -0.633. The molecule has 1 aromatic rings. The molecule has 17 heavy (non-hydrogen) atoms. The molecule has 0 fully saturated rings. The minimum atomic E-state index is -0.572. The molecule has 6 nitrogen and oxygen atoms in total. The van der Waals surface area contributed by atoms with Crippen molar-refractivity contribution in [2.24, 2.45) is 5.73 Å². The number of hydrogen-bond acceptors (Lipinski definition) is 5. The van der Waals surface area contributed by atoms with E-state index in [4.69, 9.17) is 20.9 Å². The number of hydrogen-bond donors (Lipinski definition) is 2. The number of methoxy groups -OCH3 is 1. The molecule has 1 aromatic carbocycles. The Balaban J connectivity index is 2.68. The Labute approximate surface area is 98.5 Å². The zero-order valence-corrected chi connectivity index (χ0v) is 9.43. The van der Waals surface area contributed by atoms with Crippen molar-refractivity contribution in [3.05, 3.63) is 23.8 Å². The maximum atomic E-state index is 11.6. The van der Waals surface area contributed by atoms with Gasteiger partial charge < -0.3 is 20.9 Å². The Morgan fingerprint density at radius 3 is 2.59 bits per heavy atom. The van der Waals surface area contributed by atoms with Gasteiger partial charge in [-0.3, -0.25) is 4.79 Å². The number of carbonyl (C=O) groups is 2. The van der Waals surface area contributed by atoms with Crippen molar-refractivity contribution < 1.29 is 19.1 Å². The van der Waals surface area contributed by atoms with Crippen LogP contribution < -0.4 is 16.2 Å². The number of carbonyl (C=O) groups excluding carboxylic acids is 2. The molecule has 0 bridgehead atoms. The van der Waals surface area contributed by atoms with Crippen molar-refractivity contribution in [1.29, 1.82) is 0 Å². The maximum Gasteiger partial charge on any atom is 0.338 e. The number of esters is 1. The summed E-state index contributed by atoms with van der Waals surface area (Å²) in [6, 6.07) is 4.55. The second-order valence-electron chi connectivity index (χ2n) is 3.35. The zero-order chi connectivity index (χ0) is 12.8. The lowest BCUT2D eigenvalue weighted by atomic mass is 10.2. The summed E-state index contributed by atoms with van der Waals surface area (Å²) in [6.07, 6.45) is -0.00874. The van der Waals surface area contributed by atoms with Crippen molar-refractivity contribution in [2.75, 3.05) is 19.5 Å². The number of benzene rings is 1. The van der Waals surface area contributed by atoms with Crippen LogP contribution in [0.15, 0.2) is 18.2 Å². The average Bonchev–Trinajstić information content (AvgIpc) is 2.27. The highest BCUT2D eigenvalue weighted by molar-refractivity contribution is 5.91. The molecule has 1 rings (SSSR count). The topological polar surface area (TPSA) is 105 Å². The highest BCUT2D eigenvalue weighted by Gasteiger charge is 2.10. The van der Waals surface area contributed by atoms with Gasteiger partial charge in [0.15, 0.2) is 0 Å². The first-order valence-corrected chi connectivity index (χ1v) is 4.93. The molecule has 0 unspecified atom stereocenters. The molecule has 0 aliphatic carbocycles. The quantitative estimate of drug-likeness (QED) is 0.567. The van der Waals surface area contributed by atoms with Gasteiger partial charge in [0, 0.05) is 11.8 Å². The monoisotopic (exact) mass is 238 g/mol. The number of nitrogen functional groups attached to an aromatic ring is 1. The van der Waals surface area contributed by atoms with Crippen LogP contribution in [-0.2, 0) is 9.53 Å². The highest BCUT2D eigenvalue weighted by Crippen LogP contribution is 2.19. The summed E-state index contributed by atoms with van der Waals surface area (Å²) in [6.45, 7) is -0.0503. The van der Waals surface area contributed by atoms with Crippen molar-refractivity contribution in [2.45, 2.75) is 6.42 Å². The number of rotatable bonds is 5. The van der Waals surface area contributed by atoms with E-state index in [1.54, 1.807) is 6.07 Å². The second-order valence-corrected chi connectivity index (χ2v) is 3.35. The summed E-state index contributed by atoms with van der Waals surface area (Å²) in [7, 11) is 1.47. The van der Waals surface area contributed by atoms with Gasteiger partial charge in [-0.05, 0) is 12.1 Å². The maximum absolute atomic E-state index is 11.6. The summed E-state index contributed by atoms with van der Waals surface area (Å²) in [5, 5.41) is 0. The molecule has 0 saturated heterocycles. The summed E-state index contributed by atoms with van der Waals surface area (Å²) >= 11 is 0. The van der Waals surface area contributed by atoms with Crippen molar-refractivity contribution in [3.63, 3.8) is 0 Å². The number of primary amides is 1. The van der Waals surface area contributed by atoms with Gasteiger partial charge in [-0.15, -0.1) is 0 Å². The van der Waals surface area contributed by atoms with E-state index >= 15 is 0 Å². The lowest BCUT2D eigenvalue weighted by molar-refractivity contribution is -0.118. The van der Waals surface area contributed by atoms with E-state index in [-0.39, 0.29) is 18.6 Å². The van der Waals surface area contributed by atoms with Gasteiger partial charge >= 0.3 is 5.97 Å². The van der Waals surface area contributed by atoms with E-state index in [0.29, 0.717) is 11.4 Å². The smallest absolute Gasteiger partial charge is 0.338 e. The lowest BCUT2D eigenvalue weighted by Crippen LogP contribution is -2.15. The summed E-state index contributed by atoms with van der Waals surface area (Å²) < 4.78 is 9.81. The third-order valence-electron chi connectivity index (χ3n) is 1.98. The Kier molecular flexibility index (Phi) is 4.33. The largest absolute Gasteiger partial charge is 0.497 e. The molecule has 0 radical (unpaired) electrons. The second kappa shape index (κ2) is 5.74. The SMILES string of the molecule is COc1cc(N)cc(C(=O)OCCC(N)=O)c1. The van der Waals surface area contributed by atoms with Crippen LogP contribution >= 0.6 is 0 Å². The molecule has 0 aromatic heterocycles. The summed E-state index contributed by atoms with van der Waals surface area (Å²) in [4.78, 5) is 22.0. The Morgan fingerprint density at radius 1 is 1.29 bits per heavy atom.